The summed E-state index contributed by atoms with van der Waals surface area (Å²) in [6.07, 6.45) is 13.9. The summed E-state index contributed by atoms with van der Waals surface area (Å²) in [6.45, 7) is 0. The Bertz CT molecular complexity index is 2690. The summed E-state index contributed by atoms with van der Waals surface area (Å²) in [4.78, 5) is 5.88. The van der Waals surface area contributed by atoms with Gasteiger partial charge in [-0.15, -0.1) is 0 Å². The number of benzene rings is 8. The molecule has 0 amide bonds. The van der Waals surface area contributed by atoms with Gasteiger partial charge in [-0.05, 0) is 136 Å². The third-order valence-electron chi connectivity index (χ3n) is 13.7. The third-order valence-corrected chi connectivity index (χ3v) is 16.2. The van der Waals surface area contributed by atoms with Gasteiger partial charge in [0.25, 0.3) is 0 Å². The van der Waals surface area contributed by atoms with Crippen LogP contribution in [0.2, 0.25) is 0 Å². The van der Waals surface area contributed by atoms with Crippen molar-refractivity contribution in [2.24, 2.45) is 0 Å². The van der Waals surface area contributed by atoms with Crippen molar-refractivity contribution in [2.45, 2.75) is 49.4 Å². The zero-order valence-electron chi connectivity index (χ0n) is 38.3. The topological polar surface area (TPSA) is 0 Å². The molecule has 5 heteroatoms. The van der Waals surface area contributed by atoms with Crippen LogP contribution in [0.4, 0.5) is 0 Å². The molecule has 4 aliphatic carbocycles. The molecule has 8 aromatic rings. The fourth-order valence-electron chi connectivity index (χ4n) is 10.4. The van der Waals surface area contributed by atoms with Gasteiger partial charge in [0.1, 0.15) is 0 Å². The van der Waals surface area contributed by atoms with Gasteiger partial charge in [-0.3, -0.25) is 0 Å². The molecule has 8 aromatic carbocycles. The summed E-state index contributed by atoms with van der Waals surface area (Å²) in [5, 5.41) is 0. The molecule has 0 aliphatic heterocycles. The van der Waals surface area contributed by atoms with E-state index in [4.69, 9.17) is 0 Å². The van der Waals surface area contributed by atoms with E-state index in [1.807, 2.05) is 23.5 Å². The molecule has 0 radical (unpaired) electrons. The van der Waals surface area contributed by atoms with Gasteiger partial charge in [-0.2, -0.15) is 0 Å². The number of thioether (sulfide) groups is 2. The van der Waals surface area contributed by atoms with Gasteiger partial charge in [0, 0.05) is 23.7 Å². The Morgan fingerprint density at radius 1 is 0.246 bits per heavy atom. The number of allylic oxidation sites excluding steroid dienone is 4. The Morgan fingerprint density at radius 3 is 0.652 bits per heavy atom. The van der Waals surface area contributed by atoms with Crippen molar-refractivity contribution in [3.05, 3.63) is 305 Å². The first-order chi connectivity index (χ1) is 32.7. The van der Waals surface area contributed by atoms with Crippen LogP contribution in [-0.4, -0.2) is 0 Å². The van der Waals surface area contributed by atoms with Crippen LogP contribution in [0.5, 0.6) is 0 Å². The second-order valence-electron chi connectivity index (χ2n) is 17.9. The number of fused-ring (bicyclic) bond motifs is 4. The monoisotopic (exact) mass is 1040 g/mol. The van der Waals surface area contributed by atoms with E-state index in [1.165, 1.54) is 86.4 Å². The predicted molar refractivity (Wildman–Crippen MR) is 284 cm³/mol. The molecule has 0 saturated heterocycles. The molecule has 0 spiro atoms. The number of hydrogen-bond donors (Lipinski definition) is 0. The van der Waals surface area contributed by atoms with Crippen LogP contribution in [0.15, 0.2) is 238 Å². The zero-order chi connectivity index (χ0) is 44.1. The molecule has 0 N–H and O–H groups in total. The van der Waals surface area contributed by atoms with Gasteiger partial charge in [0.2, 0.25) is 0 Å². The van der Waals surface area contributed by atoms with E-state index < -0.39 is 0 Å². The third kappa shape index (κ3) is 11.4. The summed E-state index contributed by atoms with van der Waals surface area (Å²) in [5.41, 5.74) is 16.9. The van der Waals surface area contributed by atoms with Crippen molar-refractivity contribution in [3.8, 4) is 0 Å². The molecule has 0 fully saturated rings. The Hall–Kier alpha value is -5.12. The Kier molecular flexibility index (Phi) is 17.2. The minimum Gasteiger partial charge on any atom is -1.00 e. The maximum Gasteiger partial charge on any atom is 2.00 e. The second kappa shape index (κ2) is 23.7. The normalized spacial score (nSPS) is 17.6. The maximum atomic E-state index is 2.43. The summed E-state index contributed by atoms with van der Waals surface area (Å²) >= 11 is 4.01. The molecule has 69 heavy (non-hydrogen) atoms. The first kappa shape index (κ1) is 50.3. The second-order valence-corrected chi connectivity index (χ2v) is 20.2. The maximum absolute atomic E-state index is 2.43. The number of halogens is 2. The smallest absolute Gasteiger partial charge is 1.00 e. The Morgan fingerprint density at radius 2 is 0.435 bits per heavy atom. The molecule has 0 heterocycles. The van der Waals surface area contributed by atoms with Gasteiger partial charge < -0.3 is 24.8 Å². The Balaban J connectivity index is 0.000000178. The summed E-state index contributed by atoms with van der Waals surface area (Å²) in [6, 6.07) is 79.3. The van der Waals surface area contributed by atoms with E-state index in [1.54, 1.807) is 0 Å². The molecule has 4 aliphatic rings. The van der Waals surface area contributed by atoms with Crippen molar-refractivity contribution in [1.29, 1.82) is 0 Å². The summed E-state index contributed by atoms with van der Waals surface area (Å²) < 4.78 is 0. The standard InChI is InChI=1S/2C32H26S.2ClH.Zr/c2*1-3-11-23(12-4-1)19-29-27-17-9-7-15-25(27)21-31(29)33-32-22-26-16-8-10-18-28(26)30(32)20-24-13-5-2-6-14-24;;;/h2*1-18,21-22,29-30H,19-20H2;2*1H;/q;;;;+2/p-2. The van der Waals surface area contributed by atoms with Gasteiger partial charge >= 0.3 is 26.2 Å². The van der Waals surface area contributed by atoms with Gasteiger partial charge in [-0.1, -0.05) is 242 Å². The van der Waals surface area contributed by atoms with E-state index in [-0.39, 0.29) is 51.0 Å². The average Bonchev–Trinajstić information content (AvgIpc) is 4.11. The molecular weight excluding hydrogens is 995 g/mol. The van der Waals surface area contributed by atoms with Crippen molar-refractivity contribution < 1.29 is 51.0 Å². The zero-order valence-corrected chi connectivity index (χ0v) is 43.9. The molecular formula is C64H52Cl2S2Zr. The fourth-order valence-corrected chi connectivity index (χ4v) is 13.1. The molecule has 4 atom stereocenters. The van der Waals surface area contributed by atoms with Crippen LogP contribution in [0.25, 0.3) is 24.3 Å². The van der Waals surface area contributed by atoms with Crippen molar-refractivity contribution >= 4 is 47.8 Å². The fraction of sp³-hybridized carbons (Fsp3) is 0.125. The van der Waals surface area contributed by atoms with Crippen LogP contribution < -0.4 is 24.8 Å². The largest absolute Gasteiger partial charge is 2.00 e. The van der Waals surface area contributed by atoms with Gasteiger partial charge in [-0.25, -0.2) is 0 Å². The average molecular weight is 1050 g/mol. The van der Waals surface area contributed by atoms with Gasteiger partial charge in [0.05, 0.1) is 0 Å². The molecule has 338 valence electrons. The SMILES string of the molecule is C1=C(SC2=Cc3ccccc3C2Cc2ccccc2)C(Cc2ccccc2)c2ccccc21.C1=C(SC2=Cc3ccccc3C2Cc2ccccc2)C(Cc2ccccc2)c2ccccc21.[Cl-].[Cl-].[Zr+2]. The Labute approximate surface area is 449 Å². The van der Waals surface area contributed by atoms with E-state index in [2.05, 4.69) is 243 Å². The van der Waals surface area contributed by atoms with Crippen LogP contribution >= 0.6 is 23.5 Å². The van der Waals surface area contributed by atoms with Crippen molar-refractivity contribution in [2.75, 3.05) is 0 Å². The molecule has 12 rings (SSSR count). The minimum atomic E-state index is 0. The predicted octanol–water partition coefficient (Wildman–Crippen LogP) is 11.0. The van der Waals surface area contributed by atoms with E-state index in [9.17, 15) is 0 Å². The van der Waals surface area contributed by atoms with E-state index in [0.717, 1.165) is 25.7 Å². The van der Waals surface area contributed by atoms with Crippen molar-refractivity contribution in [1.82, 2.24) is 0 Å². The first-order valence-electron chi connectivity index (χ1n) is 23.4. The van der Waals surface area contributed by atoms with Crippen LogP contribution in [0.3, 0.4) is 0 Å². The molecule has 0 nitrogen and oxygen atoms in total. The van der Waals surface area contributed by atoms with Crippen molar-refractivity contribution in [3.63, 3.8) is 0 Å². The quantitative estimate of drug-likeness (QED) is 0.120. The molecule has 4 unspecified atom stereocenters. The van der Waals surface area contributed by atoms with E-state index >= 15 is 0 Å². The summed E-state index contributed by atoms with van der Waals surface area (Å²) in [5.74, 6) is 1.65. The van der Waals surface area contributed by atoms with Gasteiger partial charge in [0.15, 0.2) is 0 Å². The molecule has 0 aromatic heterocycles. The van der Waals surface area contributed by atoms with E-state index in [0.29, 0.717) is 23.7 Å². The first-order valence-corrected chi connectivity index (χ1v) is 25.1. The van der Waals surface area contributed by atoms with Crippen LogP contribution in [0.1, 0.15) is 90.4 Å². The molecule has 0 saturated carbocycles. The number of rotatable bonds is 12. The number of hydrogen-bond acceptors (Lipinski definition) is 2. The molecule has 0 bridgehead atoms. The summed E-state index contributed by atoms with van der Waals surface area (Å²) in [7, 11) is 0. The van der Waals surface area contributed by atoms with Crippen LogP contribution in [-0.2, 0) is 51.9 Å². The van der Waals surface area contributed by atoms with Crippen LogP contribution in [0, 0.1) is 0 Å². The minimum absolute atomic E-state index is 0.